The van der Waals surface area contributed by atoms with Crippen molar-refractivity contribution in [2.24, 2.45) is 0 Å². The Morgan fingerprint density at radius 2 is 1.16 bits per heavy atom. The lowest BCUT2D eigenvalue weighted by Crippen LogP contribution is -2.09. The molecule has 9 rings (SSSR count). The van der Waals surface area contributed by atoms with Crippen LogP contribution in [-0.4, -0.2) is 9.55 Å². The number of hydrogen-bond donors (Lipinski definition) is 1. The Kier molecular flexibility index (Phi) is 3.93. The second-order valence-electron chi connectivity index (χ2n) is 10.6. The van der Waals surface area contributed by atoms with Gasteiger partial charge in [-0.05, 0) is 70.1 Å². The van der Waals surface area contributed by atoms with Crippen LogP contribution in [0.25, 0.3) is 60.1 Å². The second-order valence-corrected chi connectivity index (χ2v) is 10.6. The summed E-state index contributed by atoms with van der Waals surface area (Å²) in [6.45, 7) is 0. The maximum absolute atomic E-state index is 3.87. The van der Waals surface area contributed by atoms with E-state index in [2.05, 4.69) is 125 Å². The number of para-hydroxylation sites is 3. The predicted octanol–water partition coefficient (Wildman–Crippen LogP) is 9.07. The molecule has 2 heteroatoms. The third-order valence-electron chi connectivity index (χ3n) is 8.60. The summed E-state index contributed by atoms with van der Waals surface area (Å²) in [4.78, 5) is 3.87. The van der Waals surface area contributed by atoms with Gasteiger partial charge in [0, 0.05) is 32.7 Å². The average Bonchev–Trinajstić information content (AvgIpc) is 3.52. The van der Waals surface area contributed by atoms with Crippen molar-refractivity contribution in [3.63, 3.8) is 0 Å². The van der Waals surface area contributed by atoms with E-state index in [-0.39, 0.29) is 0 Å². The summed E-state index contributed by atoms with van der Waals surface area (Å²) in [7, 11) is 0. The van der Waals surface area contributed by atoms with E-state index in [1.165, 1.54) is 82.3 Å². The molecule has 0 spiro atoms. The Hall–Kier alpha value is -4.82. The standard InChI is InChI=1S/C36H24N2/c1-2-12-26(13-3-1)38-32-17-9-7-15-28(32)34-30-21-25-19-23-11-5-4-10-22(23)18-24(25)20-29(30)33-27-14-6-8-16-31(27)37-35(33)36(34)38/h1-19,37H,20-21H2. The number of aromatic amines is 1. The van der Waals surface area contributed by atoms with Gasteiger partial charge in [0.25, 0.3) is 0 Å². The van der Waals surface area contributed by atoms with Crippen molar-refractivity contribution in [1.29, 1.82) is 0 Å². The molecule has 2 nitrogen and oxygen atoms in total. The lowest BCUT2D eigenvalue weighted by Gasteiger charge is -2.23. The van der Waals surface area contributed by atoms with Crippen LogP contribution in [0.3, 0.4) is 0 Å². The predicted molar refractivity (Wildman–Crippen MR) is 160 cm³/mol. The van der Waals surface area contributed by atoms with E-state index in [4.69, 9.17) is 0 Å². The topological polar surface area (TPSA) is 20.7 Å². The lowest BCUT2D eigenvalue weighted by atomic mass is 9.80. The van der Waals surface area contributed by atoms with Crippen molar-refractivity contribution in [2.45, 2.75) is 12.8 Å². The van der Waals surface area contributed by atoms with Crippen molar-refractivity contribution in [1.82, 2.24) is 9.55 Å². The van der Waals surface area contributed by atoms with Gasteiger partial charge in [-0.15, -0.1) is 0 Å². The summed E-state index contributed by atoms with van der Waals surface area (Å²) in [5, 5.41) is 8.05. The van der Waals surface area contributed by atoms with Gasteiger partial charge >= 0.3 is 0 Å². The van der Waals surface area contributed by atoms with Crippen LogP contribution in [-0.2, 0) is 12.8 Å². The van der Waals surface area contributed by atoms with Gasteiger partial charge in [0.1, 0.15) is 0 Å². The largest absolute Gasteiger partial charge is 0.353 e. The highest BCUT2D eigenvalue weighted by Crippen LogP contribution is 2.46. The van der Waals surface area contributed by atoms with Crippen LogP contribution >= 0.6 is 0 Å². The minimum Gasteiger partial charge on any atom is -0.353 e. The van der Waals surface area contributed by atoms with Crippen LogP contribution in [0.2, 0.25) is 0 Å². The zero-order valence-electron chi connectivity index (χ0n) is 20.8. The minimum absolute atomic E-state index is 0.949. The van der Waals surface area contributed by atoms with E-state index in [1.54, 1.807) is 0 Å². The molecular formula is C36H24N2. The second kappa shape index (κ2) is 7.36. The van der Waals surface area contributed by atoms with E-state index in [9.17, 15) is 0 Å². The molecule has 38 heavy (non-hydrogen) atoms. The zero-order chi connectivity index (χ0) is 24.8. The van der Waals surface area contributed by atoms with E-state index in [0.717, 1.165) is 12.8 Å². The van der Waals surface area contributed by atoms with Crippen molar-refractivity contribution in [2.75, 3.05) is 0 Å². The zero-order valence-corrected chi connectivity index (χ0v) is 20.8. The lowest BCUT2D eigenvalue weighted by molar-refractivity contribution is 1.03. The van der Waals surface area contributed by atoms with Crippen molar-refractivity contribution in [3.05, 3.63) is 138 Å². The maximum Gasteiger partial charge on any atom is 0.0786 e. The van der Waals surface area contributed by atoms with Crippen molar-refractivity contribution >= 4 is 54.4 Å². The summed E-state index contributed by atoms with van der Waals surface area (Å²) in [6.07, 6.45) is 1.90. The number of hydrogen-bond acceptors (Lipinski definition) is 0. The number of benzene rings is 6. The first kappa shape index (κ1) is 20.3. The Balaban J connectivity index is 1.50. The third kappa shape index (κ3) is 2.62. The van der Waals surface area contributed by atoms with Gasteiger partial charge in [0.05, 0.1) is 16.6 Å². The van der Waals surface area contributed by atoms with Crippen molar-refractivity contribution in [3.8, 4) is 5.69 Å². The quantitative estimate of drug-likeness (QED) is 0.240. The van der Waals surface area contributed by atoms with Gasteiger partial charge < -0.3 is 9.55 Å². The molecule has 0 saturated carbocycles. The SMILES string of the molecule is c1ccc(-n2c3ccccc3c3c4c(c5c6ccccc6[nH]c5c32)Cc2cc3ccccc3cc2C4)cc1. The minimum atomic E-state index is 0.949. The van der Waals surface area contributed by atoms with Gasteiger partial charge in [-0.1, -0.05) is 91.0 Å². The maximum atomic E-state index is 3.87. The molecule has 1 N–H and O–H groups in total. The first-order chi connectivity index (χ1) is 18.8. The number of aromatic nitrogens is 2. The highest BCUT2D eigenvalue weighted by molar-refractivity contribution is 6.25. The molecule has 0 radical (unpaired) electrons. The number of H-pyrrole nitrogens is 1. The molecule has 0 unspecified atom stereocenters. The Morgan fingerprint density at radius 3 is 1.92 bits per heavy atom. The molecule has 0 fully saturated rings. The van der Waals surface area contributed by atoms with Crippen LogP contribution in [0.5, 0.6) is 0 Å². The fourth-order valence-corrected chi connectivity index (χ4v) is 7.00. The van der Waals surface area contributed by atoms with Gasteiger partial charge in [0.15, 0.2) is 0 Å². The molecule has 2 aromatic heterocycles. The van der Waals surface area contributed by atoms with Gasteiger partial charge in [-0.3, -0.25) is 0 Å². The van der Waals surface area contributed by atoms with Gasteiger partial charge in [-0.2, -0.15) is 0 Å². The Labute approximate surface area is 219 Å². The molecule has 0 amide bonds. The van der Waals surface area contributed by atoms with E-state index in [1.807, 2.05) is 0 Å². The molecule has 178 valence electrons. The van der Waals surface area contributed by atoms with Crippen LogP contribution in [0.4, 0.5) is 0 Å². The number of nitrogens with one attached hydrogen (secondary N) is 1. The van der Waals surface area contributed by atoms with Crippen LogP contribution in [0, 0.1) is 0 Å². The van der Waals surface area contributed by atoms with Crippen LogP contribution in [0.1, 0.15) is 22.3 Å². The van der Waals surface area contributed by atoms with Crippen molar-refractivity contribution < 1.29 is 0 Å². The fourth-order valence-electron chi connectivity index (χ4n) is 7.00. The van der Waals surface area contributed by atoms with E-state index < -0.39 is 0 Å². The Bertz CT molecular complexity index is 2230. The molecule has 0 saturated heterocycles. The summed E-state index contributed by atoms with van der Waals surface area (Å²) in [5.41, 5.74) is 12.0. The molecule has 8 aromatic rings. The monoisotopic (exact) mass is 484 g/mol. The first-order valence-electron chi connectivity index (χ1n) is 13.4. The highest BCUT2D eigenvalue weighted by atomic mass is 15.0. The molecule has 1 aliphatic carbocycles. The number of nitrogens with zero attached hydrogens (tertiary/aromatic N) is 1. The van der Waals surface area contributed by atoms with Gasteiger partial charge in [-0.25, -0.2) is 0 Å². The number of rotatable bonds is 1. The normalized spacial score (nSPS) is 13.1. The molecule has 0 atom stereocenters. The van der Waals surface area contributed by atoms with E-state index >= 15 is 0 Å². The summed E-state index contributed by atoms with van der Waals surface area (Å²) in [6, 6.07) is 42.2. The van der Waals surface area contributed by atoms with Crippen LogP contribution in [0.15, 0.2) is 115 Å². The van der Waals surface area contributed by atoms with Crippen LogP contribution < -0.4 is 0 Å². The first-order valence-corrected chi connectivity index (χ1v) is 13.4. The molecule has 6 aromatic carbocycles. The molecular weight excluding hydrogens is 460 g/mol. The third-order valence-corrected chi connectivity index (χ3v) is 8.60. The fraction of sp³-hybridized carbons (Fsp3) is 0.0556. The summed E-state index contributed by atoms with van der Waals surface area (Å²) >= 11 is 0. The molecule has 0 bridgehead atoms. The number of fused-ring (bicyclic) bond motifs is 12. The Morgan fingerprint density at radius 1 is 0.553 bits per heavy atom. The molecule has 1 aliphatic rings. The van der Waals surface area contributed by atoms with E-state index in [0.29, 0.717) is 0 Å². The molecule has 2 heterocycles. The average molecular weight is 485 g/mol. The van der Waals surface area contributed by atoms with Gasteiger partial charge in [0.2, 0.25) is 0 Å². The smallest absolute Gasteiger partial charge is 0.0786 e. The summed E-state index contributed by atoms with van der Waals surface area (Å²) in [5.74, 6) is 0. The summed E-state index contributed by atoms with van der Waals surface area (Å²) < 4.78 is 2.47. The highest BCUT2D eigenvalue weighted by Gasteiger charge is 2.27. The molecule has 0 aliphatic heterocycles.